The molecule has 0 aliphatic heterocycles. The average Bonchev–Trinajstić information content (AvgIpc) is 2.98. The number of allylic oxidation sites excluding steroid dienone is 1. The maximum absolute atomic E-state index is 13.1. The molecule has 0 atom stereocenters. The van der Waals surface area contributed by atoms with Crippen molar-refractivity contribution in [3.8, 4) is 11.3 Å². The Morgan fingerprint density at radius 1 is 1.28 bits per heavy atom. The molecule has 4 nitrogen and oxygen atoms in total. The largest absolute Gasteiger partial charge is 0.443 e. The van der Waals surface area contributed by atoms with Gasteiger partial charge in [-0.05, 0) is 51.5 Å². The van der Waals surface area contributed by atoms with Crippen molar-refractivity contribution in [2.45, 2.75) is 53.1 Å². The van der Waals surface area contributed by atoms with E-state index in [1.54, 1.807) is 24.4 Å². The lowest BCUT2D eigenvalue weighted by atomic mass is 10.2. The second-order valence-electron chi connectivity index (χ2n) is 6.23. The molecule has 0 aliphatic carbocycles. The lowest BCUT2D eigenvalue weighted by molar-refractivity contribution is 0.0532. The van der Waals surface area contributed by atoms with E-state index in [0.29, 0.717) is 24.4 Å². The third-order valence-electron chi connectivity index (χ3n) is 3.08. The molecule has 0 spiro atoms. The molecule has 0 aliphatic rings. The van der Waals surface area contributed by atoms with Gasteiger partial charge in [-0.1, -0.05) is 19.9 Å². The molecule has 0 radical (unpaired) electrons. The van der Waals surface area contributed by atoms with Gasteiger partial charge < -0.3 is 4.74 Å². The minimum absolute atomic E-state index is 0.313. The third-order valence-corrected chi connectivity index (χ3v) is 3.08. The minimum Gasteiger partial charge on any atom is -0.443 e. The average molecular weight is 346 g/mol. The molecule has 0 unspecified atom stereocenters. The van der Waals surface area contributed by atoms with Gasteiger partial charge in [-0.3, -0.25) is 0 Å². The SMILES string of the molecule is C=CCCc1nc(-c2ccc(F)cc2)cn1C(=O)OC(C)(C)C.CC. The van der Waals surface area contributed by atoms with Crippen molar-refractivity contribution in [1.82, 2.24) is 9.55 Å². The van der Waals surface area contributed by atoms with Gasteiger partial charge in [-0.25, -0.2) is 18.7 Å². The predicted octanol–water partition coefficient (Wildman–Crippen LogP) is 5.62. The number of hydrogen-bond acceptors (Lipinski definition) is 3. The summed E-state index contributed by atoms with van der Waals surface area (Å²) < 4.78 is 19.9. The van der Waals surface area contributed by atoms with Gasteiger partial charge in [-0.2, -0.15) is 0 Å². The van der Waals surface area contributed by atoms with E-state index < -0.39 is 11.7 Å². The topological polar surface area (TPSA) is 44.1 Å². The van der Waals surface area contributed by atoms with E-state index in [1.807, 2.05) is 34.6 Å². The molecule has 0 saturated heterocycles. The van der Waals surface area contributed by atoms with E-state index >= 15 is 0 Å². The van der Waals surface area contributed by atoms with Crippen LogP contribution >= 0.6 is 0 Å². The monoisotopic (exact) mass is 346 g/mol. The number of halogens is 1. The lowest BCUT2D eigenvalue weighted by Crippen LogP contribution is -2.27. The highest BCUT2D eigenvalue weighted by Crippen LogP contribution is 2.21. The summed E-state index contributed by atoms with van der Waals surface area (Å²) in [6.07, 6.45) is 4.19. The number of carbonyl (C=O) groups excluding carboxylic acids is 1. The number of aromatic nitrogens is 2. The number of aryl methyl sites for hydroxylation is 1. The van der Waals surface area contributed by atoms with Gasteiger partial charge in [0.05, 0.1) is 5.69 Å². The fraction of sp³-hybridized carbons (Fsp3) is 0.400. The second-order valence-corrected chi connectivity index (χ2v) is 6.23. The van der Waals surface area contributed by atoms with Gasteiger partial charge in [0.25, 0.3) is 0 Å². The lowest BCUT2D eigenvalue weighted by Gasteiger charge is -2.20. The molecule has 136 valence electrons. The Kier molecular flexibility index (Phi) is 7.55. The maximum Gasteiger partial charge on any atom is 0.420 e. The first-order valence-electron chi connectivity index (χ1n) is 8.48. The van der Waals surface area contributed by atoms with Crippen LogP contribution < -0.4 is 0 Å². The van der Waals surface area contributed by atoms with E-state index in [0.717, 1.165) is 5.56 Å². The predicted molar refractivity (Wildman–Crippen MR) is 99.1 cm³/mol. The van der Waals surface area contributed by atoms with Crippen LogP contribution in [-0.2, 0) is 11.2 Å². The van der Waals surface area contributed by atoms with E-state index in [-0.39, 0.29) is 5.82 Å². The van der Waals surface area contributed by atoms with Crippen LogP contribution in [0.1, 0.15) is 46.9 Å². The number of hydrogen-bond donors (Lipinski definition) is 0. The van der Waals surface area contributed by atoms with E-state index in [9.17, 15) is 9.18 Å². The fourth-order valence-corrected chi connectivity index (χ4v) is 2.06. The van der Waals surface area contributed by atoms with Gasteiger partial charge in [0, 0.05) is 18.2 Å². The molecule has 0 N–H and O–H groups in total. The summed E-state index contributed by atoms with van der Waals surface area (Å²) in [5.41, 5.74) is 0.760. The van der Waals surface area contributed by atoms with Gasteiger partial charge in [-0.15, -0.1) is 6.58 Å². The van der Waals surface area contributed by atoms with Crippen LogP contribution in [0.2, 0.25) is 0 Å². The Morgan fingerprint density at radius 3 is 2.40 bits per heavy atom. The van der Waals surface area contributed by atoms with Gasteiger partial charge in [0.2, 0.25) is 0 Å². The quantitative estimate of drug-likeness (QED) is 0.675. The molecular weight excluding hydrogens is 319 g/mol. The van der Waals surface area contributed by atoms with Gasteiger partial charge in [0.1, 0.15) is 17.2 Å². The highest BCUT2D eigenvalue weighted by Gasteiger charge is 2.21. The molecule has 1 heterocycles. The Balaban J connectivity index is 0.00000151. The Bertz CT molecular complexity index is 697. The fourth-order valence-electron chi connectivity index (χ4n) is 2.06. The van der Waals surface area contributed by atoms with Crippen molar-refractivity contribution >= 4 is 6.09 Å². The Morgan fingerprint density at radius 2 is 1.88 bits per heavy atom. The number of ether oxygens (including phenoxy) is 1. The van der Waals surface area contributed by atoms with Crippen LogP contribution in [0.5, 0.6) is 0 Å². The number of rotatable bonds is 4. The first kappa shape index (κ1) is 20.6. The highest BCUT2D eigenvalue weighted by molar-refractivity contribution is 5.74. The highest BCUT2D eigenvalue weighted by atomic mass is 19.1. The summed E-state index contributed by atoms with van der Waals surface area (Å²) in [7, 11) is 0. The number of benzene rings is 1. The van der Waals surface area contributed by atoms with Crippen molar-refractivity contribution in [3.63, 3.8) is 0 Å². The zero-order chi connectivity index (χ0) is 19.0. The molecule has 2 aromatic rings. The number of nitrogens with zero attached hydrogens (tertiary/aromatic N) is 2. The molecule has 0 bridgehead atoms. The van der Waals surface area contributed by atoms with Gasteiger partial charge >= 0.3 is 6.09 Å². The van der Waals surface area contributed by atoms with Crippen molar-refractivity contribution in [2.75, 3.05) is 0 Å². The molecular formula is C20H27FN2O2. The zero-order valence-corrected chi connectivity index (χ0v) is 15.7. The van der Waals surface area contributed by atoms with Crippen molar-refractivity contribution < 1.29 is 13.9 Å². The van der Waals surface area contributed by atoms with Crippen LogP contribution in [0.4, 0.5) is 9.18 Å². The molecule has 5 heteroatoms. The maximum atomic E-state index is 13.1. The van der Waals surface area contributed by atoms with Crippen LogP contribution in [0.25, 0.3) is 11.3 Å². The molecule has 0 saturated carbocycles. The van der Waals surface area contributed by atoms with E-state index in [2.05, 4.69) is 11.6 Å². The number of imidazole rings is 1. The Labute approximate surface area is 149 Å². The molecule has 0 fully saturated rings. The number of carbonyl (C=O) groups is 1. The summed E-state index contributed by atoms with van der Waals surface area (Å²) in [6.45, 7) is 13.1. The van der Waals surface area contributed by atoms with Crippen LogP contribution in [0.3, 0.4) is 0 Å². The standard InChI is InChI=1S/C18H21FN2O2.C2H6/c1-5-6-7-16-20-15(13-8-10-14(19)11-9-13)12-21(16)17(22)23-18(2,3)4;1-2/h5,8-12H,1,6-7H2,2-4H3;1-2H3. The Hall–Kier alpha value is -2.43. The normalized spacial score (nSPS) is 10.6. The minimum atomic E-state index is -0.590. The first-order chi connectivity index (χ1) is 11.8. The molecule has 1 aromatic heterocycles. The summed E-state index contributed by atoms with van der Waals surface area (Å²) in [5.74, 6) is 0.283. The van der Waals surface area contributed by atoms with E-state index in [4.69, 9.17) is 4.74 Å². The van der Waals surface area contributed by atoms with Crippen LogP contribution in [0.15, 0.2) is 43.1 Å². The van der Waals surface area contributed by atoms with E-state index in [1.165, 1.54) is 16.7 Å². The molecule has 0 amide bonds. The summed E-state index contributed by atoms with van der Waals surface area (Å²) in [5, 5.41) is 0. The summed E-state index contributed by atoms with van der Waals surface area (Å²) >= 11 is 0. The molecule has 1 aromatic carbocycles. The van der Waals surface area contributed by atoms with Crippen molar-refractivity contribution in [1.29, 1.82) is 0 Å². The van der Waals surface area contributed by atoms with Crippen molar-refractivity contribution in [3.05, 3.63) is 54.8 Å². The summed E-state index contributed by atoms with van der Waals surface area (Å²) in [6, 6.07) is 6.00. The first-order valence-corrected chi connectivity index (χ1v) is 8.48. The van der Waals surface area contributed by atoms with Crippen LogP contribution in [-0.4, -0.2) is 21.2 Å². The van der Waals surface area contributed by atoms with Gasteiger partial charge in [0.15, 0.2) is 0 Å². The second kappa shape index (κ2) is 9.16. The van der Waals surface area contributed by atoms with Crippen molar-refractivity contribution in [2.24, 2.45) is 0 Å². The molecule has 25 heavy (non-hydrogen) atoms. The summed E-state index contributed by atoms with van der Waals surface area (Å²) in [4.78, 5) is 16.8. The molecule has 2 rings (SSSR count). The smallest absolute Gasteiger partial charge is 0.420 e. The third kappa shape index (κ3) is 6.18. The zero-order valence-electron chi connectivity index (χ0n) is 15.7. The van der Waals surface area contributed by atoms with Crippen LogP contribution in [0, 0.1) is 5.82 Å².